The van der Waals surface area contributed by atoms with Crippen LogP contribution >= 0.6 is 15.9 Å². The fourth-order valence-corrected chi connectivity index (χ4v) is 2.33. The van der Waals surface area contributed by atoms with Gasteiger partial charge in [-0.1, -0.05) is 22.0 Å². The van der Waals surface area contributed by atoms with Crippen LogP contribution in [0.2, 0.25) is 0 Å². The minimum atomic E-state index is -0.234. The van der Waals surface area contributed by atoms with Gasteiger partial charge in [0.2, 0.25) is 11.8 Å². The van der Waals surface area contributed by atoms with Gasteiger partial charge in [0.25, 0.3) is 0 Å². The molecule has 1 aromatic carbocycles. The van der Waals surface area contributed by atoms with Crippen molar-refractivity contribution in [2.24, 2.45) is 0 Å². The quantitative estimate of drug-likeness (QED) is 0.890. The normalized spacial score (nSPS) is 10.1. The van der Waals surface area contributed by atoms with Crippen LogP contribution in [-0.4, -0.2) is 28.2 Å². The summed E-state index contributed by atoms with van der Waals surface area (Å²) in [5, 5.41) is 2.78. The molecule has 0 atom stereocenters. The van der Waals surface area contributed by atoms with Crippen molar-refractivity contribution >= 4 is 33.4 Å². The molecule has 0 aliphatic heterocycles. The van der Waals surface area contributed by atoms with E-state index in [9.17, 15) is 9.59 Å². The molecule has 0 saturated heterocycles. The van der Waals surface area contributed by atoms with Crippen LogP contribution in [0, 0.1) is 0 Å². The highest BCUT2D eigenvalue weighted by Crippen LogP contribution is 2.15. The van der Waals surface area contributed by atoms with E-state index in [4.69, 9.17) is 0 Å². The maximum atomic E-state index is 12.1. The number of anilines is 1. The first-order chi connectivity index (χ1) is 10.5. The Morgan fingerprint density at radius 3 is 2.59 bits per heavy atom. The molecule has 0 radical (unpaired) electrons. The predicted octanol–water partition coefficient (Wildman–Crippen LogP) is 2.83. The number of rotatable bonds is 5. The van der Waals surface area contributed by atoms with Gasteiger partial charge in [-0.05, 0) is 35.9 Å². The number of halogens is 1. The molecule has 0 fully saturated rings. The maximum Gasteiger partial charge on any atom is 0.244 e. The first-order valence-electron chi connectivity index (χ1n) is 6.74. The zero-order valence-corrected chi connectivity index (χ0v) is 13.7. The Labute approximate surface area is 137 Å². The SMILES string of the molecule is CC(=O)N(CC(=O)Nc1cccc(Br)c1)Cc1ccncc1. The summed E-state index contributed by atoms with van der Waals surface area (Å²) in [5.41, 5.74) is 1.62. The van der Waals surface area contributed by atoms with Crippen LogP contribution in [0.1, 0.15) is 12.5 Å². The second-order valence-electron chi connectivity index (χ2n) is 4.79. The van der Waals surface area contributed by atoms with Crippen LogP contribution < -0.4 is 5.32 Å². The van der Waals surface area contributed by atoms with E-state index in [1.807, 2.05) is 24.3 Å². The van der Waals surface area contributed by atoms with Gasteiger partial charge in [0.15, 0.2) is 0 Å². The second kappa shape index (κ2) is 7.70. The van der Waals surface area contributed by atoms with Gasteiger partial charge in [0.1, 0.15) is 6.54 Å². The van der Waals surface area contributed by atoms with Crippen LogP contribution in [0.25, 0.3) is 0 Å². The van der Waals surface area contributed by atoms with Crippen molar-refractivity contribution in [2.75, 3.05) is 11.9 Å². The zero-order chi connectivity index (χ0) is 15.9. The molecule has 0 bridgehead atoms. The van der Waals surface area contributed by atoms with Crippen molar-refractivity contribution in [3.05, 3.63) is 58.8 Å². The third kappa shape index (κ3) is 4.96. The maximum absolute atomic E-state index is 12.1. The molecular weight excluding hydrogens is 346 g/mol. The Hall–Kier alpha value is -2.21. The Morgan fingerprint density at radius 1 is 1.23 bits per heavy atom. The summed E-state index contributed by atoms with van der Waals surface area (Å²) in [7, 11) is 0. The molecule has 114 valence electrons. The third-order valence-corrected chi connectivity index (χ3v) is 3.50. The highest BCUT2D eigenvalue weighted by Gasteiger charge is 2.14. The monoisotopic (exact) mass is 361 g/mol. The molecule has 1 aromatic heterocycles. The van der Waals surface area contributed by atoms with E-state index >= 15 is 0 Å². The Kier molecular flexibility index (Phi) is 5.66. The highest BCUT2D eigenvalue weighted by atomic mass is 79.9. The number of nitrogens with zero attached hydrogens (tertiary/aromatic N) is 2. The molecule has 1 N–H and O–H groups in total. The number of nitrogens with one attached hydrogen (secondary N) is 1. The van der Waals surface area contributed by atoms with Gasteiger partial charge in [-0.25, -0.2) is 0 Å². The van der Waals surface area contributed by atoms with E-state index in [1.165, 1.54) is 11.8 Å². The number of carbonyl (C=O) groups excluding carboxylic acids is 2. The smallest absolute Gasteiger partial charge is 0.244 e. The average Bonchev–Trinajstić information content (AvgIpc) is 2.47. The topological polar surface area (TPSA) is 62.3 Å². The zero-order valence-electron chi connectivity index (χ0n) is 12.1. The summed E-state index contributed by atoms with van der Waals surface area (Å²) in [6.07, 6.45) is 3.32. The van der Waals surface area contributed by atoms with Gasteiger partial charge < -0.3 is 10.2 Å². The minimum Gasteiger partial charge on any atom is -0.329 e. The van der Waals surface area contributed by atoms with E-state index in [-0.39, 0.29) is 18.4 Å². The lowest BCUT2D eigenvalue weighted by Gasteiger charge is -2.20. The minimum absolute atomic E-state index is 0.00414. The van der Waals surface area contributed by atoms with Crippen molar-refractivity contribution in [3.63, 3.8) is 0 Å². The molecule has 1 heterocycles. The number of hydrogen-bond donors (Lipinski definition) is 1. The average molecular weight is 362 g/mol. The van der Waals surface area contributed by atoms with Crippen LogP contribution in [-0.2, 0) is 16.1 Å². The lowest BCUT2D eigenvalue weighted by atomic mass is 10.2. The lowest BCUT2D eigenvalue weighted by Crippen LogP contribution is -2.36. The molecule has 0 aliphatic carbocycles. The van der Waals surface area contributed by atoms with Crippen molar-refractivity contribution in [1.29, 1.82) is 0 Å². The van der Waals surface area contributed by atoms with Crippen LogP contribution in [0.15, 0.2) is 53.3 Å². The molecule has 5 nitrogen and oxygen atoms in total. The van der Waals surface area contributed by atoms with Gasteiger partial charge in [-0.2, -0.15) is 0 Å². The van der Waals surface area contributed by atoms with Crippen molar-refractivity contribution in [3.8, 4) is 0 Å². The van der Waals surface area contributed by atoms with Crippen LogP contribution in [0.3, 0.4) is 0 Å². The summed E-state index contributed by atoms with van der Waals surface area (Å²) in [5.74, 6) is -0.386. The summed E-state index contributed by atoms with van der Waals surface area (Å²) in [6, 6.07) is 11.0. The van der Waals surface area contributed by atoms with Gasteiger partial charge in [-0.3, -0.25) is 14.6 Å². The largest absolute Gasteiger partial charge is 0.329 e. The molecule has 2 aromatic rings. The molecule has 0 aliphatic rings. The van der Waals surface area contributed by atoms with Gasteiger partial charge >= 0.3 is 0 Å². The molecule has 0 saturated carbocycles. The van der Waals surface area contributed by atoms with E-state index in [0.29, 0.717) is 12.2 Å². The van der Waals surface area contributed by atoms with Crippen molar-refractivity contribution in [1.82, 2.24) is 9.88 Å². The van der Waals surface area contributed by atoms with Crippen molar-refractivity contribution < 1.29 is 9.59 Å². The van der Waals surface area contributed by atoms with E-state index in [1.54, 1.807) is 24.5 Å². The number of hydrogen-bond acceptors (Lipinski definition) is 3. The summed E-state index contributed by atoms with van der Waals surface area (Å²) >= 11 is 3.35. The standard InChI is InChI=1S/C16H16BrN3O2/c1-12(21)20(10-13-5-7-18-8-6-13)11-16(22)19-15-4-2-3-14(17)9-15/h2-9H,10-11H2,1H3,(H,19,22). The molecule has 2 rings (SSSR count). The molecule has 0 spiro atoms. The molecule has 6 heteroatoms. The third-order valence-electron chi connectivity index (χ3n) is 3.01. The molecule has 22 heavy (non-hydrogen) atoms. The van der Waals surface area contributed by atoms with E-state index < -0.39 is 0 Å². The van der Waals surface area contributed by atoms with Crippen molar-refractivity contribution in [2.45, 2.75) is 13.5 Å². The Bertz CT molecular complexity index is 661. The summed E-state index contributed by atoms with van der Waals surface area (Å²) in [6.45, 7) is 1.83. The Balaban J connectivity index is 1.98. The fourth-order valence-electron chi connectivity index (χ4n) is 1.93. The fraction of sp³-hybridized carbons (Fsp3) is 0.188. The van der Waals surface area contributed by atoms with Gasteiger partial charge in [0.05, 0.1) is 0 Å². The first-order valence-corrected chi connectivity index (χ1v) is 7.54. The number of pyridine rings is 1. The van der Waals surface area contributed by atoms with Crippen LogP contribution in [0.4, 0.5) is 5.69 Å². The first kappa shape index (κ1) is 16.2. The second-order valence-corrected chi connectivity index (χ2v) is 5.70. The summed E-state index contributed by atoms with van der Waals surface area (Å²) in [4.78, 5) is 29.2. The van der Waals surface area contributed by atoms with E-state index in [2.05, 4.69) is 26.2 Å². The van der Waals surface area contributed by atoms with Gasteiger partial charge in [0, 0.05) is 36.0 Å². The van der Waals surface area contributed by atoms with Crippen LogP contribution in [0.5, 0.6) is 0 Å². The Morgan fingerprint density at radius 2 is 1.95 bits per heavy atom. The lowest BCUT2D eigenvalue weighted by molar-refractivity contribution is -0.133. The van der Waals surface area contributed by atoms with E-state index in [0.717, 1.165) is 10.0 Å². The predicted molar refractivity (Wildman–Crippen MR) is 88.1 cm³/mol. The number of benzene rings is 1. The number of carbonyl (C=O) groups is 2. The molecule has 2 amide bonds. The highest BCUT2D eigenvalue weighted by molar-refractivity contribution is 9.10. The molecule has 0 unspecified atom stereocenters. The number of aromatic nitrogens is 1. The molecular formula is C16H16BrN3O2. The van der Waals surface area contributed by atoms with Gasteiger partial charge in [-0.15, -0.1) is 0 Å². The summed E-state index contributed by atoms with van der Waals surface area (Å²) < 4.78 is 0.880. The number of amides is 2.